The summed E-state index contributed by atoms with van der Waals surface area (Å²) in [5.41, 5.74) is 5.85. The van der Waals surface area contributed by atoms with E-state index in [1.54, 1.807) is 0 Å². The molecule has 3 amide bonds. The molecule has 1 aliphatic rings. The molecule has 1 rings (SSSR count). The molecule has 12 nitrogen and oxygen atoms in total. The van der Waals surface area contributed by atoms with Crippen LogP contribution < -0.4 is 16.4 Å². The zero-order chi connectivity index (χ0) is 23.7. The molecule has 1 saturated heterocycles. The van der Waals surface area contributed by atoms with Crippen LogP contribution in [0.5, 0.6) is 0 Å². The largest absolute Gasteiger partial charge is 0.481 e. The van der Waals surface area contributed by atoms with Crippen LogP contribution in [0.15, 0.2) is 0 Å². The Morgan fingerprint density at radius 2 is 1.74 bits per heavy atom. The monoisotopic (exact) mass is 444 g/mol. The van der Waals surface area contributed by atoms with E-state index in [4.69, 9.17) is 21.1 Å². The van der Waals surface area contributed by atoms with Crippen molar-refractivity contribution in [3.05, 3.63) is 0 Å². The molecule has 0 aromatic rings. The molecule has 176 valence electrons. The number of rotatable bonds is 12. The van der Waals surface area contributed by atoms with Gasteiger partial charge in [0.25, 0.3) is 0 Å². The Bertz CT molecular complexity index is 684. The first-order chi connectivity index (χ1) is 14.5. The summed E-state index contributed by atoms with van der Waals surface area (Å²) in [4.78, 5) is 61.2. The highest BCUT2D eigenvalue weighted by Crippen LogP contribution is 2.20. The minimum Gasteiger partial charge on any atom is -0.481 e. The van der Waals surface area contributed by atoms with Crippen molar-refractivity contribution < 1.29 is 39.3 Å². The Hall–Kier alpha value is -2.73. The van der Waals surface area contributed by atoms with Crippen LogP contribution in [-0.4, -0.2) is 87.2 Å². The van der Waals surface area contributed by atoms with Gasteiger partial charge in [0.15, 0.2) is 0 Å². The predicted molar refractivity (Wildman–Crippen MR) is 108 cm³/mol. The summed E-state index contributed by atoms with van der Waals surface area (Å²) in [6.45, 7) is 3.13. The zero-order valence-corrected chi connectivity index (χ0v) is 17.7. The van der Waals surface area contributed by atoms with Gasteiger partial charge in [0.1, 0.15) is 18.1 Å². The van der Waals surface area contributed by atoms with E-state index in [-0.39, 0.29) is 31.7 Å². The number of nitrogens with two attached hydrogens (primary N) is 1. The van der Waals surface area contributed by atoms with Gasteiger partial charge in [-0.25, -0.2) is 4.79 Å². The number of aliphatic carboxylic acids is 2. The summed E-state index contributed by atoms with van der Waals surface area (Å²) in [5, 5.41) is 31.8. The number of carbonyl (C=O) groups is 5. The number of carboxylic acids is 2. The molecule has 0 aromatic carbocycles. The third-order valence-corrected chi connectivity index (χ3v) is 4.96. The van der Waals surface area contributed by atoms with Crippen molar-refractivity contribution in [3.63, 3.8) is 0 Å². The topological polar surface area (TPSA) is 199 Å². The van der Waals surface area contributed by atoms with Gasteiger partial charge in [-0.15, -0.1) is 0 Å². The fraction of sp³-hybridized carbons (Fsp3) is 0.737. The lowest BCUT2D eigenvalue weighted by Gasteiger charge is -2.29. The maximum Gasteiger partial charge on any atom is 0.328 e. The highest BCUT2D eigenvalue weighted by molar-refractivity contribution is 5.94. The minimum atomic E-state index is -1.51. The van der Waals surface area contributed by atoms with E-state index in [2.05, 4.69) is 10.6 Å². The fourth-order valence-corrected chi connectivity index (χ4v) is 3.38. The van der Waals surface area contributed by atoms with E-state index < -0.39 is 60.4 Å². The number of likely N-dealkylation sites (tertiary alicyclic amines) is 1. The SMILES string of the molecule is CC(C)CC(N)C(=O)NC(CCC(=O)O)C(=O)N1CCCC1C(=O)NC(CO)C(=O)O. The van der Waals surface area contributed by atoms with Gasteiger partial charge in [-0.1, -0.05) is 13.8 Å². The number of amides is 3. The summed E-state index contributed by atoms with van der Waals surface area (Å²) in [6.07, 6.45) is 0.535. The molecule has 0 bridgehead atoms. The van der Waals surface area contributed by atoms with Gasteiger partial charge in [0.2, 0.25) is 17.7 Å². The third-order valence-electron chi connectivity index (χ3n) is 4.96. The molecule has 0 saturated carbocycles. The second kappa shape index (κ2) is 12.2. The second-order valence-electron chi connectivity index (χ2n) is 8.00. The lowest BCUT2D eigenvalue weighted by atomic mass is 10.0. The van der Waals surface area contributed by atoms with Crippen molar-refractivity contribution in [3.8, 4) is 0 Å². The molecule has 31 heavy (non-hydrogen) atoms. The lowest BCUT2D eigenvalue weighted by molar-refractivity contribution is -0.145. The van der Waals surface area contributed by atoms with E-state index in [0.29, 0.717) is 12.8 Å². The molecular formula is C19H32N4O8. The summed E-state index contributed by atoms with van der Waals surface area (Å²) in [7, 11) is 0. The molecular weight excluding hydrogens is 412 g/mol. The van der Waals surface area contributed by atoms with E-state index in [1.165, 1.54) is 4.90 Å². The van der Waals surface area contributed by atoms with E-state index >= 15 is 0 Å². The first kappa shape index (κ1) is 26.3. The van der Waals surface area contributed by atoms with E-state index in [1.807, 2.05) is 13.8 Å². The number of hydrogen-bond acceptors (Lipinski definition) is 7. The molecule has 4 unspecified atom stereocenters. The summed E-state index contributed by atoms with van der Waals surface area (Å²) in [6, 6.07) is -4.57. The van der Waals surface area contributed by atoms with Crippen LogP contribution in [0.4, 0.5) is 0 Å². The van der Waals surface area contributed by atoms with Crippen LogP contribution in [0.25, 0.3) is 0 Å². The lowest BCUT2D eigenvalue weighted by Crippen LogP contribution is -2.57. The van der Waals surface area contributed by atoms with Crippen molar-refractivity contribution in [2.75, 3.05) is 13.2 Å². The van der Waals surface area contributed by atoms with Crippen molar-refractivity contribution in [1.82, 2.24) is 15.5 Å². The number of aliphatic hydroxyl groups excluding tert-OH is 1. The fourth-order valence-electron chi connectivity index (χ4n) is 3.38. The predicted octanol–water partition coefficient (Wildman–Crippen LogP) is -1.74. The van der Waals surface area contributed by atoms with Gasteiger partial charge in [0.05, 0.1) is 12.6 Å². The molecule has 1 heterocycles. The Kier molecular flexibility index (Phi) is 10.4. The Balaban J connectivity index is 2.95. The second-order valence-corrected chi connectivity index (χ2v) is 8.00. The quantitative estimate of drug-likeness (QED) is 0.202. The molecule has 12 heteroatoms. The average molecular weight is 444 g/mol. The Morgan fingerprint density at radius 3 is 2.26 bits per heavy atom. The van der Waals surface area contributed by atoms with Crippen molar-refractivity contribution in [2.45, 2.75) is 70.1 Å². The molecule has 0 aliphatic carbocycles. The van der Waals surface area contributed by atoms with Crippen molar-refractivity contribution in [1.29, 1.82) is 0 Å². The van der Waals surface area contributed by atoms with Crippen LogP contribution in [-0.2, 0) is 24.0 Å². The van der Waals surface area contributed by atoms with E-state index in [0.717, 1.165) is 0 Å². The van der Waals surface area contributed by atoms with E-state index in [9.17, 15) is 24.0 Å². The van der Waals surface area contributed by atoms with Gasteiger partial charge in [-0.3, -0.25) is 19.2 Å². The smallest absolute Gasteiger partial charge is 0.328 e. The van der Waals surface area contributed by atoms with Crippen LogP contribution in [0.2, 0.25) is 0 Å². The highest BCUT2D eigenvalue weighted by atomic mass is 16.4. The van der Waals surface area contributed by atoms with Crippen molar-refractivity contribution in [2.24, 2.45) is 11.7 Å². The number of hydrogen-bond donors (Lipinski definition) is 6. The first-order valence-electron chi connectivity index (χ1n) is 10.2. The maximum atomic E-state index is 13.1. The first-order valence-corrected chi connectivity index (χ1v) is 10.2. The summed E-state index contributed by atoms with van der Waals surface area (Å²) >= 11 is 0. The number of carboxylic acid groups (broad SMARTS) is 2. The van der Waals surface area contributed by atoms with Gasteiger partial charge >= 0.3 is 11.9 Å². The van der Waals surface area contributed by atoms with Gasteiger partial charge in [-0.05, 0) is 31.6 Å². The molecule has 0 aromatic heterocycles. The Labute approximate surface area is 180 Å². The molecule has 7 N–H and O–H groups in total. The number of aliphatic hydroxyl groups is 1. The van der Waals surface area contributed by atoms with Gasteiger partial charge < -0.3 is 36.6 Å². The Morgan fingerprint density at radius 1 is 1.10 bits per heavy atom. The molecule has 1 fully saturated rings. The van der Waals surface area contributed by atoms with Crippen LogP contribution in [0.3, 0.4) is 0 Å². The maximum absolute atomic E-state index is 13.1. The summed E-state index contributed by atoms with van der Waals surface area (Å²) in [5.74, 6) is -4.41. The summed E-state index contributed by atoms with van der Waals surface area (Å²) < 4.78 is 0. The van der Waals surface area contributed by atoms with Crippen LogP contribution in [0.1, 0.15) is 46.0 Å². The normalized spacial score (nSPS) is 18.9. The standard InChI is InChI=1S/C19H32N4O8/c1-10(2)8-11(20)16(27)21-12(5-6-15(25)26)18(29)23-7-3-4-14(23)17(28)22-13(9-24)19(30)31/h10-14,24H,3-9,20H2,1-2H3,(H,21,27)(H,22,28)(H,25,26)(H,30,31). The number of nitrogens with one attached hydrogen (secondary N) is 2. The van der Waals surface area contributed by atoms with Crippen molar-refractivity contribution >= 4 is 29.7 Å². The molecule has 0 radical (unpaired) electrons. The number of carbonyl (C=O) groups excluding carboxylic acids is 3. The van der Waals surface area contributed by atoms with Crippen LogP contribution >= 0.6 is 0 Å². The highest BCUT2D eigenvalue weighted by Gasteiger charge is 2.39. The van der Waals surface area contributed by atoms with Crippen LogP contribution in [0, 0.1) is 5.92 Å². The van der Waals surface area contributed by atoms with Gasteiger partial charge in [0, 0.05) is 13.0 Å². The number of nitrogens with zero attached hydrogens (tertiary/aromatic N) is 1. The molecule has 0 spiro atoms. The zero-order valence-electron chi connectivity index (χ0n) is 17.7. The molecule has 4 atom stereocenters. The minimum absolute atomic E-state index is 0.134. The van der Waals surface area contributed by atoms with Gasteiger partial charge in [-0.2, -0.15) is 0 Å². The third kappa shape index (κ3) is 8.13. The average Bonchev–Trinajstić information content (AvgIpc) is 3.17. The molecule has 1 aliphatic heterocycles.